The number of carbonyl (C=O) groups excluding carboxylic acids is 1. The van der Waals surface area contributed by atoms with E-state index in [1.54, 1.807) is 24.3 Å². The molecule has 0 atom stereocenters. The molecule has 0 aliphatic rings. The number of hydrogen-bond acceptors (Lipinski definition) is 2. The molecule has 0 bridgehead atoms. The average molecular weight is 299 g/mol. The zero-order valence-corrected chi connectivity index (χ0v) is 11.2. The number of Topliss-reactive ketones (excluding diaryl/α,β-unsaturated/α-hetero) is 1. The van der Waals surface area contributed by atoms with Crippen molar-refractivity contribution in [3.8, 4) is 5.75 Å². The van der Waals surface area contributed by atoms with Crippen LogP contribution in [-0.4, -0.2) is 12.4 Å². The molecule has 2 aromatic rings. The molecule has 0 aliphatic heterocycles. The molecule has 0 aliphatic carbocycles. The minimum atomic E-state index is -0.660. The average Bonchev–Trinajstić information content (AvgIpc) is 2.36. The van der Waals surface area contributed by atoms with Crippen LogP contribution in [0.3, 0.4) is 0 Å². The third kappa shape index (κ3) is 3.69. The predicted molar refractivity (Wildman–Crippen MR) is 72.7 cm³/mol. The second-order valence-electron chi connectivity index (χ2n) is 3.79. The van der Waals surface area contributed by atoms with E-state index in [-0.39, 0.29) is 17.2 Å². The normalized spacial score (nSPS) is 10.3. The maximum Gasteiger partial charge on any atom is 0.203 e. The van der Waals surface area contributed by atoms with Crippen LogP contribution in [0, 0.1) is 5.82 Å². The summed E-state index contributed by atoms with van der Waals surface area (Å²) in [5, 5.41) is 0.743. The zero-order chi connectivity index (χ0) is 13.8. The van der Waals surface area contributed by atoms with Gasteiger partial charge in [0.05, 0.1) is 5.56 Å². The molecule has 0 amide bonds. The summed E-state index contributed by atoms with van der Waals surface area (Å²) in [6.07, 6.45) is 0. The lowest BCUT2D eigenvalue weighted by molar-refractivity contribution is 0.0917. The number of halogens is 3. The van der Waals surface area contributed by atoms with Crippen LogP contribution >= 0.6 is 23.2 Å². The fourth-order valence-electron chi connectivity index (χ4n) is 1.50. The first-order valence-electron chi connectivity index (χ1n) is 5.43. The second kappa shape index (κ2) is 6.04. The van der Waals surface area contributed by atoms with Crippen LogP contribution in [0.5, 0.6) is 5.75 Å². The van der Waals surface area contributed by atoms with Gasteiger partial charge in [0, 0.05) is 10.0 Å². The number of carbonyl (C=O) groups is 1. The van der Waals surface area contributed by atoms with Crippen LogP contribution in [0.25, 0.3) is 0 Å². The Balaban J connectivity index is 2.05. The number of benzene rings is 2. The Labute approximate surface area is 119 Å². The zero-order valence-electron chi connectivity index (χ0n) is 9.70. The van der Waals surface area contributed by atoms with Gasteiger partial charge in [0.15, 0.2) is 6.61 Å². The summed E-state index contributed by atoms with van der Waals surface area (Å²) in [5.41, 5.74) is -0.0496. The lowest BCUT2D eigenvalue weighted by Crippen LogP contribution is -2.13. The van der Waals surface area contributed by atoms with Gasteiger partial charge in [-0.2, -0.15) is 0 Å². The Morgan fingerprint density at radius 3 is 2.53 bits per heavy atom. The molecule has 98 valence electrons. The van der Waals surface area contributed by atoms with Crippen LogP contribution in [0.4, 0.5) is 4.39 Å². The Kier molecular flexibility index (Phi) is 4.40. The van der Waals surface area contributed by atoms with E-state index in [2.05, 4.69) is 0 Å². The topological polar surface area (TPSA) is 26.3 Å². The van der Waals surface area contributed by atoms with Gasteiger partial charge in [-0.1, -0.05) is 29.3 Å². The first kappa shape index (κ1) is 13.8. The summed E-state index contributed by atoms with van der Waals surface area (Å²) in [4.78, 5) is 11.8. The molecule has 5 heteroatoms. The maximum atomic E-state index is 13.5. The molecule has 0 saturated heterocycles. The lowest BCUT2D eigenvalue weighted by Gasteiger charge is -2.06. The Morgan fingerprint density at radius 1 is 1.11 bits per heavy atom. The van der Waals surface area contributed by atoms with Gasteiger partial charge in [0.1, 0.15) is 11.6 Å². The van der Waals surface area contributed by atoms with Gasteiger partial charge in [-0.15, -0.1) is 0 Å². The van der Waals surface area contributed by atoms with Gasteiger partial charge in [-0.05, 0) is 36.4 Å². The molecule has 0 radical (unpaired) electrons. The van der Waals surface area contributed by atoms with Crippen LogP contribution < -0.4 is 4.74 Å². The molecular weight excluding hydrogens is 290 g/mol. The molecule has 19 heavy (non-hydrogen) atoms. The van der Waals surface area contributed by atoms with Crippen molar-refractivity contribution in [1.29, 1.82) is 0 Å². The molecule has 0 aromatic heterocycles. The van der Waals surface area contributed by atoms with Crippen molar-refractivity contribution in [3.05, 3.63) is 63.9 Å². The van der Waals surface area contributed by atoms with E-state index in [9.17, 15) is 9.18 Å². The van der Waals surface area contributed by atoms with E-state index < -0.39 is 11.6 Å². The van der Waals surface area contributed by atoms with Crippen molar-refractivity contribution in [2.75, 3.05) is 6.61 Å². The van der Waals surface area contributed by atoms with Gasteiger partial charge in [-0.3, -0.25) is 4.79 Å². The number of rotatable bonds is 4. The fourth-order valence-corrected chi connectivity index (χ4v) is 1.84. The Hall–Kier alpha value is -1.58. The van der Waals surface area contributed by atoms with Crippen molar-refractivity contribution in [3.63, 3.8) is 0 Å². The molecule has 0 fully saturated rings. The SMILES string of the molecule is O=C(COc1cccc(Cl)c1)c1ccc(Cl)cc1F. The van der Waals surface area contributed by atoms with Gasteiger partial charge in [0.2, 0.25) is 5.78 Å². The van der Waals surface area contributed by atoms with E-state index >= 15 is 0 Å². The first-order chi connectivity index (χ1) is 9.06. The Bertz CT molecular complexity index is 614. The Morgan fingerprint density at radius 2 is 1.84 bits per heavy atom. The van der Waals surface area contributed by atoms with Gasteiger partial charge < -0.3 is 4.74 Å². The molecule has 2 nitrogen and oxygen atoms in total. The molecule has 0 heterocycles. The van der Waals surface area contributed by atoms with Gasteiger partial charge >= 0.3 is 0 Å². The molecule has 2 aromatic carbocycles. The van der Waals surface area contributed by atoms with E-state index in [0.717, 1.165) is 6.07 Å². The number of ketones is 1. The van der Waals surface area contributed by atoms with Crippen LogP contribution in [0.15, 0.2) is 42.5 Å². The van der Waals surface area contributed by atoms with E-state index in [1.807, 2.05) is 0 Å². The van der Waals surface area contributed by atoms with Gasteiger partial charge in [0.25, 0.3) is 0 Å². The van der Waals surface area contributed by atoms with Crippen molar-refractivity contribution >= 4 is 29.0 Å². The summed E-state index contributed by atoms with van der Waals surface area (Å²) < 4.78 is 18.8. The summed E-state index contributed by atoms with van der Waals surface area (Å²) in [5.74, 6) is -0.670. The monoisotopic (exact) mass is 298 g/mol. The molecule has 0 saturated carbocycles. The number of hydrogen-bond donors (Lipinski definition) is 0. The minimum absolute atomic E-state index is 0.0496. The molecule has 2 rings (SSSR count). The van der Waals surface area contributed by atoms with E-state index in [4.69, 9.17) is 27.9 Å². The fraction of sp³-hybridized carbons (Fsp3) is 0.0714. The van der Waals surface area contributed by atoms with Crippen molar-refractivity contribution in [1.82, 2.24) is 0 Å². The molecule has 0 unspecified atom stereocenters. The van der Waals surface area contributed by atoms with Crippen molar-refractivity contribution in [2.24, 2.45) is 0 Å². The summed E-state index contributed by atoms with van der Waals surface area (Å²) in [6, 6.07) is 10.5. The summed E-state index contributed by atoms with van der Waals surface area (Å²) in [7, 11) is 0. The lowest BCUT2D eigenvalue weighted by atomic mass is 10.1. The first-order valence-corrected chi connectivity index (χ1v) is 6.18. The standard InChI is InChI=1S/C14H9Cl2FO2/c15-9-2-1-3-11(6-9)19-8-14(18)12-5-4-10(16)7-13(12)17/h1-7H,8H2. The highest BCUT2D eigenvalue weighted by Gasteiger charge is 2.12. The molecule has 0 N–H and O–H groups in total. The third-order valence-corrected chi connectivity index (χ3v) is 2.87. The van der Waals surface area contributed by atoms with Gasteiger partial charge in [-0.25, -0.2) is 4.39 Å². The molecule has 0 spiro atoms. The number of ether oxygens (including phenoxy) is 1. The van der Waals surface area contributed by atoms with Crippen LogP contribution in [0.1, 0.15) is 10.4 Å². The van der Waals surface area contributed by atoms with E-state index in [1.165, 1.54) is 12.1 Å². The maximum absolute atomic E-state index is 13.5. The van der Waals surface area contributed by atoms with Crippen LogP contribution in [-0.2, 0) is 0 Å². The summed E-state index contributed by atoms with van der Waals surface area (Å²) >= 11 is 11.4. The van der Waals surface area contributed by atoms with Crippen molar-refractivity contribution < 1.29 is 13.9 Å². The largest absolute Gasteiger partial charge is 0.485 e. The third-order valence-electron chi connectivity index (χ3n) is 2.40. The quantitative estimate of drug-likeness (QED) is 0.782. The highest BCUT2D eigenvalue weighted by Crippen LogP contribution is 2.18. The van der Waals surface area contributed by atoms with Crippen LogP contribution in [0.2, 0.25) is 10.0 Å². The smallest absolute Gasteiger partial charge is 0.203 e. The highest BCUT2D eigenvalue weighted by atomic mass is 35.5. The van der Waals surface area contributed by atoms with E-state index in [0.29, 0.717) is 10.8 Å². The highest BCUT2D eigenvalue weighted by molar-refractivity contribution is 6.31. The van der Waals surface area contributed by atoms with Crippen molar-refractivity contribution in [2.45, 2.75) is 0 Å². The summed E-state index contributed by atoms with van der Waals surface area (Å²) in [6.45, 7) is -0.265. The minimum Gasteiger partial charge on any atom is -0.485 e. The predicted octanol–water partition coefficient (Wildman–Crippen LogP) is 4.39. The second-order valence-corrected chi connectivity index (χ2v) is 4.67. The molecular formula is C14H9Cl2FO2.